The van der Waals surface area contributed by atoms with Crippen molar-refractivity contribution in [2.45, 2.75) is 70.2 Å². The van der Waals surface area contributed by atoms with Crippen molar-refractivity contribution < 1.29 is 9.47 Å². The molecule has 0 amide bonds. The van der Waals surface area contributed by atoms with Gasteiger partial charge in [-0.05, 0) is 97.6 Å². The van der Waals surface area contributed by atoms with E-state index in [0.717, 1.165) is 65.4 Å². The highest BCUT2D eigenvalue weighted by Crippen LogP contribution is 2.50. The summed E-state index contributed by atoms with van der Waals surface area (Å²) >= 11 is 2.26. The van der Waals surface area contributed by atoms with Gasteiger partial charge in [0.15, 0.2) is 15.6 Å². The first-order chi connectivity index (χ1) is 17.6. The first-order valence-corrected chi connectivity index (χ1v) is 14.3. The van der Waals surface area contributed by atoms with Gasteiger partial charge >= 0.3 is 0 Å². The Morgan fingerprint density at radius 3 is 2.61 bits per heavy atom. The summed E-state index contributed by atoms with van der Waals surface area (Å²) in [7, 11) is 1.71. The fourth-order valence-corrected chi connectivity index (χ4v) is 6.77. The molecule has 1 N–H and O–H groups in total. The summed E-state index contributed by atoms with van der Waals surface area (Å²) in [6.45, 7) is 5.09. The Morgan fingerprint density at radius 2 is 1.94 bits per heavy atom. The highest BCUT2D eigenvalue weighted by Gasteiger charge is 2.48. The van der Waals surface area contributed by atoms with Crippen LogP contribution >= 0.6 is 22.6 Å². The van der Waals surface area contributed by atoms with Crippen molar-refractivity contribution >= 4 is 39.6 Å². The van der Waals surface area contributed by atoms with E-state index in [9.17, 15) is 0 Å². The molecule has 0 radical (unpaired) electrons. The Hall–Kier alpha value is -1.98. The summed E-state index contributed by atoms with van der Waals surface area (Å²) in [6, 6.07) is 9.33. The predicted molar refractivity (Wildman–Crippen MR) is 148 cm³/mol. The van der Waals surface area contributed by atoms with Gasteiger partial charge in [-0.15, -0.1) is 0 Å². The number of halogens is 1. The average Bonchev–Trinajstić information content (AvgIpc) is 3.27. The van der Waals surface area contributed by atoms with Gasteiger partial charge in [0.2, 0.25) is 0 Å². The number of piperidine rings is 1. The second kappa shape index (κ2) is 10.1. The normalized spacial score (nSPS) is 24.6. The zero-order valence-electron chi connectivity index (χ0n) is 21.1. The van der Waals surface area contributed by atoms with Crippen molar-refractivity contribution in [3.63, 3.8) is 0 Å². The zero-order chi connectivity index (χ0) is 24.7. The first-order valence-electron chi connectivity index (χ1n) is 13.2. The average molecular weight is 603 g/mol. The Labute approximate surface area is 226 Å². The fourth-order valence-electron chi connectivity index (χ4n) is 6.16. The highest BCUT2D eigenvalue weighted by molar-refractivity contribution is 14.1. The van der Waals surface area contributed by atoms with Gasteiger partial charge in [0, 0.05) is 31.8 Å². The summed E-state index contributed by atoms with van der Waals surface area (Å²) < 4.78 is 14.2. The van der Waals surface area contributed by atoms with Gasteiger partial charge in [-0.25, -0.2) is 14.6 Å². The molecule has 3 aromatic rings. The third kappa shape index (κ3) is 4.47. The molecule has 9 heteroatoms. The maximum absolute atomic E-state index is 6.01. The van der Waals surface area contributed by atoms with E-state index >= 15 is 0 Å². The smallest absolute Gasteiger partial charge is 0.182 e. The van der Waals surface area contributed by atoms with E-state index in [1.54, 1.807) is 7.11 Å². The second-order valence-corrected chi connectivity index (χ2v) is 11.6. The van der Waals surface area contributed by atoms with Gasteiger partial charge in [-0.1, -0.05) is 12.1 Å². The van der Waals surface area contributed by atoms with Crippen molar-refractivity contribution in [2.75, 3.05) is 31.7 Å². The molecular weight excluding hydrogens is 567 g/mol. The van der Waals surface area contributed by atoms with Crippen LogP contribution in [0.25, 0.3) is 11.2 Å². The van der Waals surface area contributed by atoms with Crippen molar-refractivity contribution in [3.8, 4) is 5.75 Å². The Bertz CT molecular complexity index is 1200. The number of ether oxygens (including phenoxy) is 2. The SMILES string of the molecule is COc1ccc([C@@H](C)N[C@@H]2CCC23CCN(c2cnc4c(I)nn(C5CCCCO5)c4n2)CC3)cc1. The van der Waals surface area contributed by atoms with Crippen LogP contribution in [0.15, 0.2) is 30.5 Å². The molecule has 1 spiro atoms. The molecule has 6 rings (SSSR count). The van der Waals surface area contributed by atoms with Crippen molar-refractivity contribution in [1.82, 2.24) is 25.1 Å². The van der Waals surface area contributed by atoms with E-state index in [2.05, 4.69) is 51.9 Å². The Kier molecular flexibility index (Phi) is 6.81. The number of hydrogen-bond acceptors (Lipinski definition) is 7. The molecule has 0 bridgehead atoms. The summed E-state index contributed by atoms with van der Waals surface area (Å²) in [5.74, 6) is 1.87. The molecule has 2 saturated heterocycles. The third-order valence-electron chi connectivity index (χ3n) is 8.60. The van der Waals surface area contributed by atoms with E-state index in [-0.39, 0.29) is 6.23 Å². The van der Waals surface area contributed by atoms with Crippen LogP contribution in [-0.4, -0.2) is 52.6 Å². The van der Waals surface area contributed by atoms with E-state index in [1.165, 1.54) is 31.2 Å². The van der Waals surface area contributed by atoms with Gasteiger partial charge in [0.1, 0.15) is 17.1 Å². The number of anilines is 1. The minimum absolute atomic E-state index is 0.0339. The largest absolute Gasteiger partial charge is 0.497 e. The molecule has 2 aromatic heterocycles. The number of fused-ring (bicyclic) bond motifs is 1. The van der Waals surface area contributed by atoms with Gasteiger partial charge in [0.25, 0.3) is 0 Å². The summed E-state index contributed by atoms with van der Waals surface area (Å²) in [5, 5.41) is 8.68. The van der Waals surface area contributed by atoms with E-state index < -0.39 is 0 Å². The molecule has 1 aromatic carbocycles. The highest BCUT2D eigenvalue weighted by atomic mass is 127. The van der Waals surface area contributed by atoms with Gasteiger partial charge in [-0.3, -0.25) is 0 Å². The summed E-state index contributed by atoms with van der Waals surface area (Å²) in [4.78, 5) is 12.2. The number of nitrogens with zero attached hydrogens (tertiary/aromatic N) is 5. The van der Waals surface area contributed by atoms with Gasteiger partial charge in [0.05, 0.1) is 13.3 Å². The molecule has 192 valence electrons. The number of aromatic nitrogens is 4. The Balaban J connectivity index is 1.13. The molecular formula is C27H35IN6O2. The monoisotopic (exact) mass is 602 g/mol. The van der Waals surface area contributed by atoms with Crippen molar-refractivity contribution in [2.24, 2.45) is 5.41 Å². The number of methoxy groups -OCH3 is 1. The third-order valence-corrected chi connectivity index (χ3v) is 9.32. The lowest BCUT2D eigenvalue weighted by Gasteiger charge is -2.55. The molecule has 3 fully saturated rings. The molecule has 1 unspecified atom stereocenters. The van der Waals surface area contributed by atoms with Crippen LogP contribution in [0.5, 0.6) is 5.75 Å². The maximum Gasteiger partial charge on any atom is 0.182 e. The van der Waals surface area contributed by atoms with Crippen LogP contribution in [0.3, 0.4) is 0 Å². The van der Waals surface area contributed by atoms with Crippen LogP contribution in [-0.2, 0) is 4.74 Å². The number of benzene rings is 1. The van der Waals surface area contributed by atoms with Crippen LogP contribution < -0.4 is 15.0 Å². The number of nitrogens with one attached hydrogen (secondary N) is 1. The van der Waals surface area contributed by atoms with Crippen molar-refractivity contribution in [1.29, 1.82) is 0 Å². The topological polar surface area (TPSA) is 77.3 Å². The summed E-state index contributed by atoms with van der Waals surface area (Å²) in [6.07, 6.45) is 10.1. The first kappa shape index (κ1) is 24.4. The predicted octanol–water partition coefficient (Wildman–Crippen LogP) is 5.24. The van der Waals surface area contributed by atoms with Crippen LogP contribution in [0, 0.1) is 9.12 Å². The molecule has 3 atom stereocenters. The van der Waals surface area contributed by atoms with Crippen molar-refractivity contribution in [3.05, 3.63) is 39.7 Å². The quantitative estimate of drug-likeness (QED) is 0.387. The molecule has 1 aliphatic carbocycles. The molecule has 36 heavy (non-hydrogen) atoms. The maximum atomic E-state index is 6.01. The van der Waals surface area contributed by atoms with Gasteiger partial charge in [-0.2, -0.15) is 5.10 Å². The number of rotatable bonds is 6. The minimum atomic E-state index is -0.0339. The standard InChI is InChI=1S/C27H35IN6O2/c1-18(19-6-8-20(35-2)9-7-19)30-21-10-11-27(21)12-14-33(15-13-27)22-17-29-24-25(28)32-34(26(24)31-22)23-5-3-4-16-36-23/h6-9,17-18,21,23,30H,3-5,10-16H2,1-2H3/t18-,21-,23?/m1/s1. The summed E-state index contributed by atoms with van der Waals surface area (Å²) in [5.41, 5.74) is 3.42. The Morgan fingerprint density at radius 1 is 1.14 bits per heavy atom. The van der Waals surface area contributed by atoms with Crippen LogP contribution in [0.4, 0.5) is 5.82 Å². The molecule has 1 saturated carbocycles. The molecule has 4 heterocycles. The second-order valence-electron chi connectivity index (χ2n) is 10.6. The lowest BCUT2D eigenvalue weighted by atomic mass is 9.59. The fraction of sp³-hybridized carbons (Fsp3) is 0.593. The lowest BCUT2D eigenvalue weighted by Crippen LogP contribution is -2.58. The molecule has 8 nitrogen and oxygen atoms in total. The van der Waals surface area contributed by atoms with Crippen LogP contribution in [0.2, 0.25) is 0 Å². The lowest BCUT2D eigenvalue weighted by molar-refractivity contribution is -0.0372. The van der Waals surface area contributed by atoms with Crippen LogP contribution in [0.1, 0.15) is 69.7 Å². The molecule has 3 aliphatic rings. The molecule has 2 aliphatic heterocycles. The minimum Gasteiger partial charge on any atom is -0.497 e. The van der Waals surface area contributed by atoms with E-state index in [1.807, 2.05) is 23.0 Å². The zero-order valence-corrected chi connectivity index (χ0v) is 23.3. The van der Waals surface area contributed by atoms with E-state index in [4.69, 9.17) is 24.5 Å². The number of hydrogen-bond donors (Lipinski definition) is 1. The van der Waals surface area contributed by atoms with E-state index in [0.29, 0.717) is 17.5 Å². The van der Waals surface area contributed by atoms with Gasteiger partial charge < -0.3 is 19.7 Å².